The van der Waals surface area contributed by atoms with E-state index in [1.165, 1.54) is 4.68 Å². The number of anilines is 1. The standard InChI is InChI=1S/C11H16N6O/c1-2-17-11(18)16-8-5-13-9(10(16)14-17)15-6-3-12-4-7-15/h5,8,12H,2-4,6-7H2,1H3. The fourth-order valence-electron chi connectivity index (χ4n) is 2.24. The Labute approximate surface area is 104 Å². The van der Waals surface area contributed by atoms with E-state index in [4.69, 9.17) is 0 Å². The fraction of sp³-hybridized carbons (Fsp3) is 0.545. The second-order valence-electron chi connectivity index (χ2n) is 4.28. The van der Waals surface area contributed by atoms with Gasteiger partial charge in [-0.1, -0.05) is 0 Å². The van der Waals surface area contributed by atoms with Crippen LogP contribution in [0.1, 0.15) is 6.92 Å². The van der Waals surface area contributed by atoms with Crippen LogP contribution >= 0.6 is 0 Å². The first-order valence-corrected chi connectivity index (χ1v) is 6.21. The number of aromatic nitrogens is 4. The van der Waals surface area contributed by atoms with Gasteiger partial charge in [-0.25, -0.2) is 18.9 Å². The molecule has 0 amide bonds. The number of rotatable bonds is 2. The third-order valence-electron chi connectivity index (χ3n) is 3.20. The summed E-state index contributed by atoms with van der Waals surface area (Å²) in [4.78, 5) is 18.5. The largest absolute Gasteiger partial charge is 0.351 e. The van der Waals surface area contributed by atoms with Gasteiger partial charge in [0.2, 0.25) is 5.65 Å². The summed E-state index contributed by atoms with van der Waals surface area (Å²) in [6.45, 7) is 6.12. The lowest BCUT2D eigenvalue weighted by atomic mass is 10.3. The zero-order valence-corrected chi connectivity index (χ0v) is 10.3. The first-order chi connectivity index (χ1) is 8.81. The fourth-order valence-corrected chi connectivity index (χ4v) is 2.24. The third-order valence-corrected chi connectivity index (χ3v) is 3.20. The molecule has 0 atom stereocenters. The first-order valence-electron chi connectivity index (χ1n) is 6.21. The molecule has 7 nitrogen and oxygen atoms in total. The van der Waals surface area contributed by atoms with Gasteiger partial charge >= 0.3 is 5.69 Å². The minimum absolute atomic E-state index is 0.105. The van der Waals surface area contributed by atoms with Crippen LogP contribution in [0.25, 0.3) is 5.65 Å². The van der Waals surface area contributed by atoms with Gasteiger partial charge in [-0.3, -0.25) is 0 Å². The molecule has 0 unspecified atom stereocenters. The van der Waals surface area contributed by atoms with E-state index < -0.39 is 0 Å². The first kappa shape index (κ1) is 11.2. The van der Waals surface area contributed by atoms with Crippen LogP contribution in [0.5, 0.6) is 0 Å². The second-order valence-corrected chi connectivity index (χ2v) is 4.28. The molecular formula is C11H16N6O. The van der Waals surface area contributed by atoms with Gasteiger partial charge < -0.3 is 10.2 Å². The van der Waals surface area contributed by atoms with Crippen LogP contribution in [0.3, 0.4) is 0 Å². The lowest BCUT2D eigenvalue weighted by molar-refractivity contribution is 0.585. The molecule has 1 fully saturated rings. The van der Waals surface area contributed by atoms with E-state index in [0.29, 0.717) is 12.2 Å². The molecule has 1 aliphatic heterocycles. The molecule has 3 heterocycles. The van der Waals surface area contributed by atoms with Crippen molar-refractivity contribution in [1.82, 2.24) is 24.5 Å². The Bertz CT molecular complexity index is 610. The Morgan fingerprint density at radius 2 is 2.17 bits per heavy atom. The van der Waals surface area contributed by atoms with Crippen molar-refractivity contribution >= 4 is 11.5 Å². The molecule has 1 N–H and O–H groups in total. The molecule has 7 heteroatoms. The summed E-state index contributed by atoms with van der Waals surface area (Å²) in [6, 6.07) is 0. The average molecular weight is 248 g/mol. The van der Waals surface area contributed by atoms with E-state index in [1.54, 1.807) is 16.8 Å². The van der Waals surface area contributed by atoms with Crippen molar-refractivity contribution in [1.29, 1.82) is 0 Å². The van der Waals surface area contributed by atoms with Crippen molar-refractivity contribution in [3.63, 3.8) is 0 Å². The Kier molecular flexibility index (Phi) is 2.75. The van der Waals surface area contributed by atoms with E-state index in [9.17, 15) is 4.79 Å². The maximum Gasteiger partial charge on any atom is 0.350 e. The number of hydrogen-bond donors (Lipinski definition) is 1. The minimum Gasteiger partial charge on any atom is -0.351 e. The number of nitrogens with zero attached hydrogens (tertiary/aromatic N) is 5. The van der Waals surface area contributed by atoms with Gasteiger partial charge in [-0.15, -0.1) is 5.10 Å². The second kappa shape index (κ2) is 4.41. The van der Waals surface area contributed by atoms with Gasteiger partial charge in [0.1, 0.15) is 0 Å². The molecular weight excluding hydrogens is 232 g/mol. The molecule has 0 radical (unpaired) electrons. The molecule has 0 aromatic carbocycles. The molecule has 0 bridgehead atoms. The number of aryl methyl sites for hydroxylation is 1. The smallest absolute Gasteiger partial charge is 0.350 e. The Morgan fingerprint density at radius 3 is 2.89 bits per heavy atom. The topological polar surface area (TPSA) is 67.5 Å². The number of piperazine rings is 1. The molecule has 0 spiro atoms. The lowest BCUT2D eigenvalue weighted by Crippen LogP contribution is -2.44. The third kappa shape index (κ3) is 1.67. The van der Waals surface area contributed by atoms with Crippen LogP contribution in [0.15, 0.2) is 17.2 Å². The Balaban J connectivity index is 2.14. The summed E-state index contributed by atoms with van der Waals surface area (Å²) >= 11 is 0. The zero-order valence-electron chi connectivity index (χ0n) is 10.3. The van der Waals surface area contributed by atoms with Gasteiger partial charge in [0.15, 0.2) is 5.82 Å². The predicted molar refractivity (Wildman–Crippen MR) is 68.0 cm³/mol. The lowest BCUT2D eigenvalue weighted by Gasteiger charge is -2.28. The summed E-state index contributed by atoms with van der Waals surface area (Å²) in [5.41, 5.74) is 0.539. The van der Waals surface area contributed by atoms with Crippen LogP contribution in [0.4, 0.5) is 5.82 Å². The van der Waals surface area contributed by atoms with Gasteiger partial charge in [0.25, 0.3) is 0 Å². The molecule has 3 rings (SSSR count). The van der Waals surface area contributed by atoms with Crippen molar-refractivity contribution in [3.8, 4) is 0 Å². The van der Waals surface area contributed by atoms with Crippen LogP contribution in [-0.4, -0.2) is 45.3 Å². The molecule has 18 heavy (non-hydrogen) atoms. The van der Waals surface area contributed by atoms with Crippen LogP contribution in [-0.2, 0) is 6.54 Å². The highest BCUT2D eigenvalue weighted by molar-refractivity contribution is 5.63. The van der Waals surface area contributed by atoms with Gasteiger partial charge in [0.05, 0.1) is 0 Å². The number of hydrogen-bond acceptors (Lipinski definition) is 5. The summed E-state index contributed by atoms with van der Waals surface area (Å²) in [6.07, 6.45) is 3.33. The van der Waals surface area contributed by atoms with E-state index in [0.717, 1.165) is 32.0 Å². The number of fused-ring (bicyclic) bond motifs is 1. The highest BCUT2D eigenvalue weighted by Crippen LogP contribution is 2.15. The number of nitrogens with one attached hydrogen (secondary N) is 1. The normalized spacial score (nSPS) is 16.4. The summed E-state index contributed by atoms with van der Waals surface area (Å²) in [7, 11) is 0. The maximum absolute atomic E-state index is 12.0. The highest BCUT2D eigenvalue weighted by atomic mass is 16.2. The quantitative estimate of drug-likeness (QED) is 0.763. The molecule has 1 aliphatic rings. The van der Waals surface area contributed by atoms with Crippen molar-refractivity contribution in [3.05, 3.63) is 22.9 Å². The Hall–Kier alpha value is -1.89. The van der Waals surface area contributed by atoms with Gasteiger partial charge in [0, 0.05) is 45.1 Å². The molecule has 2 aromatic heterocycles. The molecule has 1 saturated heterocycles. The van der Waals surface area contributed by atoms with E-state index in [-0.39, 0.29) is 5.69 Å². The van der Waals surface area contributed by atoms with E-state index in [1.807, 2.05) is 6.92 Å². The maximum atomic E-state index is 12.0. The van der Waals surface area contributed by atoms with Crippen molar-refractivity contribution in [2.75, 3.05) is 31.1 Å². The van der Waals surface area contributed by atoms with Gasteiger partial charge in [-0.05, 0) is 6.92 Å². The average Bonchev–Trinajstić information content (AvgIpc) is 2.77. The summed E-state index contributed by atoms with van der Waals surface area (Å²) < 4.78 is 3.02. The van der Waals surface area contributed by atoms with Crippen molar-refractivity contribution < 1.29 is 0 Å². The van der Waals surface area contributed by atoms with Gasteiger partial charge in [-0.2, -0.15) is 0 Å². The van der Waals surface area contributed by atoms with E-state index >= 15 is 0 Å². The van der Waals surface area contributed by atoms with Crippen LogP contribution in [0, 0.1) is 0 Å². The SMILES string of the molecule is CCn1nc2c(N3CCNCC3)nccn2c1=O. The monoisotopic (exact) mass is 248 g/mol. The Morgan fingerprint density at radius 1 is 1.39 bits per heavy atom. The van der Waals surface area contributed by atoms with Crippen molar-refractivity contribution in [2.24, 2.45) is 0 Å². The van der Waals surface area contributed by atoms with E-state index in [2.05, 4.69) is 20.3 Å². The van der Waals surface area contributed by atoms with Crippen molar-refractivity contribution in [2.45, 2.75) is 13.5 Å². The predicted octanol–water partition coefficient (Wildman–Crippen LogP) is -0.679. The summed E-state index contributed by atoms with van der Waals surface area (Å²) in [5.74, 6) is 0.795. The van der Waals surface area contributed by atoms with Crippen LogP contribution < -0.4 is 15.9 Å². The molecule has 0 saturated carbocycles. The molecule has 2 aromatic rings. The molecule has 0 aliphatic carbocycles. The summed E-state index contributed by atoms with van der Waals surface area (Å²) in [5, 5.41) is 7.65. The molecule has 96 valence electrons. The van der Waals surface area contributed by atoms with Crippen LogP contribution in [0.2, 0.25) is 0 Å². The highest BCUT2D eigenvalue weighted by Gasteiger charge is 2.18. The minimum atomic E-state index is -0.105. The zero-order chi connectivity index (χ0) is 12.5.